The van der Waals surface area contributed by atoms with Crippen LogP contribution in [0.15, 0.2) is 122 Å². The topological polar surface area (TPSA) is 124 Å². The van der Waals surface area contributed by atoms with Gasteiger partial charge in [0.1, 0.15) is 11.5 Å². The number of unbranched alkanes of at least 4 members (excludes halogenated alkanes) is 6. The van der Waals surface area contributed by atoms with Gasteiger partial charge in [-0.15, -0.1) is 0 Å². The van der Waals surface area contributed by atoms with Gasteiger partial charge in [-0.05, 0) is 260 Å². The molecule has 4 saturated carbocycles. The predicted octanol–water partition coefficient (Wildman–Crippen LogP) is 18.2. The van der Waals surface area contributed by atoms with Gasteiger partial charge in [0.05, 0.1) is 37.6 Å². The zero-order valence-corrected chi connectivity index (χ0v) is 53.0. The van der Waals surface area contributed by atoms with Crippen molar-refractivity contribution >= 4 is 23.9 Å². The van der Waals surface area contributed by atoms with E-state index >= 15 is 0 Å². The van der Waals surface area contributed by atoms with Crippen molar-refractivity contribution < 1.29 is 47.6 Å². The normalized spacial score (nSPS) is 23.3. The van der Waals surface area contributed by atoms with Crippen molar-refractivity contribution in [2.75, 3.05) is 26.4 Å². The van der Waals surface area contributed by atoms with Gasteiger partial charge in [0.2, 0.25) is 0 Å². The molecule has 0 bridgehead atoms. The number of esters is 4. The molecular weight excluding hydrogens is 1100 g/mol. The third-order valence-electron chi connectivity index (χ3n) is 19.4. The molecular formula is C78H98O10. The lowest BCUT2D eigenvalue weighted by Gasteiger charge is -2.41. The Hall–Kier alpha value is -7.04. The highest BCUT2D eigenvalue weighted by atomic mass is 16.6. The maximum atomic E-state index is 14.0. The van der Waals surface area contributed by atoms with E-state index in [2.05, 4.69) is 99.2 Å². The Balaban J connectivity index is 0.891. The van der Waals surface area contributed by atoms with Gasteiger partial charge in [-0.25, -0.2) is 19.2 Å². The molecule has 470 valence electrons. The maximum Gasteiger partial charge on any atom is 0.339 e. The molecule has 4 fully saturated rings. The summed E-state index contributed by atoms with van der Waals surface area (Å²) < 4.78 is 35.1. The molecule has 4 aliphatic rings. The molecule has 0 radical (unpaired) electrons. The fourth-order valence-electron chi connectivity index (χ4n) is 14.0. The van der Waals surface area contributed by atoms with Crippen molar-refractivity contribution in [2.45, 2.75) is 205 Å². The highest BCUT2D eigenvalue weighted by Crippen LogP contribution is 2.46. The second-order valence-corrected chi connectivity index (χ2v) is 25.6. The zero-order valence-electron chi connectivity index (χ0n) is 53.0. The molecule has 0 N–H and O–H groups in total. The van der Waals surface area contributed by atoms with Crippen molar-refractivity contribution in [2.24, 2.45) is 35.5 Å². The number of hydrogen-bond acceptors (Lipinski definition) is 10. The fraction of sp³-hybridized carbons (Fsp3) is 0.538. The van der Waals surface area contributed by atoms with E-state index < -0.39 is 23.1 Å². The van der Waals surface area contributed by atoms with Gasteiger partial charge in [-0.1, -0.05) is 114 Å². The number of benzene rings is 4. The molecule has 0 unspecified atom stereocenters. The van der Waals surface area contributed by atoms with Gasteiger partial charge in [-0.3, -0.25) is 0 Å². The Bertz CT molecular complexity index is 2740. The minimum Gasteiger partial charge on any atom is -0.494 e. The van der Waals surface area contributed by atoms with E-state index in [1.807, 2.05) is 24.3 Å². The van der Waals surface area contributed by atoms with Crippen LogP contribution in [-0.2, 0) is 28.5 Å². The third kappa shape index (κ3) is 21.1. The number of carbonyl (C=O) groups is 4. The van der Waals surface area contributed by atoms with Crippen LogP contribution in [0.2, 0.25) is 0 Å². The molecule has 0 atom stereocenters. The number of ether oxygens (including phenoxy) is 6. The molecule has 4 aliphatic carbocycles. The number of rotatable bonds is 29. The van der Waals surface area contributed by atoms with E-state index in [4.69, 9.17) is 28.4 Å². The summed E-state index contributed by atoms with van der Waals surface area (Å²) in [5.41, 5.74) is 3.03. The first-order chi connectivity index (χ1) is 43.0. The van der Waals surface area contributed by atoms with E-state index in [-0.39, 0.29) is 11.9 Å². The van der Waals surface area contributed by atoms with Crippen LogP contribution in [0.4, 0.5) is 0 Å². The van der Waals surface area contributed by atoms with Crippen molar-refractivity contribution in [1.29, 1.82) is 0 Å². The van der Waals surface area contributed by atoms with Crippen LogP contribution in [0.1, 0.15) is 225 Å². The Labute approximate surface area is 526 Å². The summed E-state index contributed by atoms with van der Waals surface area (Å²) in [6, 6.07) is 31.1. The minimum atomic E-state index is -0.887. The standard InChI is InChI=1S/C78H98O10/c1-5-17-59-19-27-65(28-20-59)67-45-51-77(52-46-67,87-75(81)69-35-39-71(40-36-69)83-55-13-9-11-15-57-85-73(79)7-3)49-43-61-23-31-63(32-24-61)64-33-25-62(26-34-64)44-50-78(53-47-68(48-54-78)66-29-21-60(18-6-2)22-30-66)88-76(82)70-37-41-72(42-38-70)84-56-14-10-12-16-58-86-74(80)8-4/h7-8,23-26,31-42,59-60,65-68H,3-6,9-22,27-30,45-48,51-58H2,1-2H3. The van der Waals surface area contributed by atoms with E-state index in [1.165, 1.54) is 89.2 Å². The van der Waals surface area contributed by atoms with E-state index in [1.54, 1.807) is 24.3 Å². The number of hydrogen-bond donors (Lipinski definition) is 0. The Morgan fingerprint density at radius 2 is 0.761 bits per heavy atom. The first-order valence-electron chi connectivity index (χ1n) is 33.7. The summed E-state index contributed by atoms with van der Waals surface area (Å²) in [6.45, 7) is 13.4. The number of carbonyl (C=O) groups excluding carboxylic acids is 4. The Kier molecular flexibility index (Phi) is 26.8. The summed E-state index contributed by atoms with van der Waals surface area (Å²) in [6.07, 6.45) is 32.1. The van der Waals surface area contributed by atoms with Gasteiger partial charge in [-0.2, -0.15) is 0 Å². The average molecular weight is 1200 g/mol. The van der Waals surface area contributed by atoms with Gasteiger partial charge in [0, 0.05) is 23.3 Å². The van der Waals surface area contributed by atoms with Crippen LogP contribution >= 0.6 is 0 Å². The molecule has 4 aromatic carbocycles. The molecule has 10 heteroatoms. The smallest absolute Gasteiger partial charge is 0.339 e. The molecule has 8 rings (SSSR count). The summed E-state index contributed by atoms with van der Waals surface area (Å²) in [5, 5.41) is 0. The molecule has 0 heterocycles. The van der Waals surface area contributed by atoms with Crippen molar-refractivity contribution in [3.63, 3.8) is 0 Å². The largest absolute Gasteiger partial charge is 0.494 e. The predicted molar refractivity (Wildman–Crippen MR) is 350 cm³/mol. The van der Waals surface area contributed by atoms with Crippen LogP contribution in [0.5, 0.6) is 11.5 Å². The van der Waals surface area contributed by atoms with Crippen LogP contribution in [-0.4, -0.2) is 61.5 Å². The van der Waals surface area contributed by atoms with Gasteiger partial charge >= 0.3 is 23.9 Å². The maximum absolute atomic E-state index is 14.0. The van der Waals surface area contributed by atoms with E-state index in [0.717, 1.165) is 123 Å². The highest BCUT2D eigenvalue weighted by molar-refractivity contribution is 5.90. The SMILES string of the molecule is C=CC(=O)OCCCCCCOc1ccc(C(=O)OC2(C#Cc3ccc(-c4ccc(C#CC5(OC(=O)c6ccc(OCCCCCCOC(=O)C=C)cc6)CCC(C6CCC(CCC)CC6)CC5)cc4)cc3)CCC(C3CCC(CCC)CC3)CC2)cc1. The van der Waals surface area contributed by atoms with E-state index in [0.29, 0.717) is 86.6 Å². The second kappa shape index (κ2) is 35.2. The summed E-state index contributed by atoms with van der Waals surface area (Å²) in [7, 11) is 0. The Morgan fingerprint density at radius 3 is 1.09 bits per heavy atom. The molecule has 0 amide bonds. The summed E-state index contributed by atoms with van der Waals surface area (Å²) >= 11 is 0. The quantitative estimate of drug-likeness (QED) is 0.0171. The average Bonchev–Trinajstić information content (AvgIpc) is 3.11. The fourth-order valence-corrected chi connectivity index (χ4v) is 14.0. The minimum absolute atomic E-state index is 0.366. The van der Waals surface area contributed by atoms with Crippen molar-refractivity contribution in [3.05, 3.63) is 145 Å². The first-order valence-corrected chi connectivity index (χ1v) is 33.7. The van der Waals surface area contributed by atoms with E-state index in [9.17, 15) is 19.2 Å². The van der Waals surface area contributed by atoms with Crippen LogP contribution in [0.3, 0.4) is 0 Å². The summed E-state index contributed by atoms with van der Waals surface area (Å²) in [5.74, 6) is 18.3. The molecule has 10 nitrogen and oxygen atoms in total. The molecule has 0 aromatic heterocycles. The molecule has 0 saturated heterocycles. The third-order valence-corrected chi connectivity index (χ3v) is 19.4. The monoisotopic (exact) mass is 1190 g/mol. The van der Waals surface area contributed by atoms with Gasteiger partial charge in [0.15, 0.2) is 11.2 Å². The molecule has 0 aliphatic heterocycles. The molecule has 0 spiro atoms. The zero-order chi connectivity index (χ0) is 61.8. The molecule has 88 heavy (non-hydrogen) atoms. The second-order valence-electron chi connectivity index (χ2n) is 25.6. The lowest BCUT2D eigenvalue weighted by molar-refractivity contribution is -0.138. The van der Waals surface area contributed by atoms with Gasteiger partial charge < -0.3 is 28.4 Å². The van der Waals surface area contributed by atoms with Crippen LogP contribution in [0, 0.1) is 59.2 Å². The van der Waals surface area contributed by atoms with Crippen LogP contribution < -0.4 is 9.47 Å². The van der Waals surface area contributed by atoms with Crippen LogP contribution in [0.25, 0.3) is 11.1 Å². The lowest BCUT2D eigenvalue weighted by Crippen LogP contribution is -2.39. The molecule has 4 aromatic rings. The van der Waals surface area contributed by atoms with Crippen molar-refractivity contribution in [3.8, 4) is 46.3 Å². The van der Waals surface area contributed by atoms with Crippen molar-refractivity contribution in [1.82, 2.24) is 0 Å². The summed E-state index contributed by atoms with van der Waals surface area (Å²) in [4.78, 5) is 50.5. The first kappa shape index (κ1) is 66.9. The lowest BCUT2D eigenvalue weighted by atomic mass is 9.67. The Morgan fingerprint density at radius 1 is 0.432 bits per heavy atom. The van der Waals surface area contributed by atoms with Gasteiger partial charge in [0.25, 0.3) is 0 Å². The highest BCUT2D eigenvalue weighted by Gasteiger charge is 2.42.